The Labute approximate surface area is 219 Å². The van der Waals surface area contributed by atoms with Crippen LogP contribution in [0.25, 0.3) is 0 Å². The molecule has 36 heavy (non-hydrogen) atoms. The molecule has 2 aromatic heterocycles. The smallest absolute Gasteiger partial charge is 0.246 e. The molecule has 11 heteroatoms. The number of hydrogen-bond acceptors (Lipinski definition) is 8. The highest BCUT2D eigenvalue weighted by molar-refractivity contribution is 9.10. The Bertz CT molecular complexity index is 1170. The van der Waals surface area contributed by atoms with Crippen molar-refractivity contribution < 1.29 is 9.59 Å². The van der Waals surface area contributed by atoms with Crippen LogP contribution >= 0.6 is 15.9 Å². The van der Waals surface area contributed by atoms with Gasteiger partial charge < -0.3 is 10.2 Å². The molecule has 1 spiro atoms. The van der Waals surface area contributed by atoms with Crippen LogP contribution in [0, 0.1) is 16.7 Å². The lowest BCUT2D eigenvalue weighted by molar-refractivity contribution is -0.158. The molecule has 2 fully saturated rings. The molecular weight excluding hydrogens is 524 g/mol. The molecule has 0 aliphatic carbocycles. The summed E-state index contributed by atoms with van der Waals surface area (Å²) in [6.45, 7) is 8.15. The summed E-state index contributed by atoms with van der Waals surface area (Å²) in [5.74, 6) is 0.518. The number of piperazine rings is 1. The van der Waals surface area contributed by atoms with E-state index in [-0.39, 0.29) is 23.1 Å². The van der Waals surface area contributed by atoms with Gasteiger partial charge in [0.25, 0.3) is 0 Å². The highest BCUT2D eigenvalue weighted by atomic mass is 79.9. The number of nitriles is 1. The summed E-state index contributed by atoms with van der Waals surface area (Å²) < 4.78 is 0.688. The van der Waals surface area contributed by atoms with Crippen molar-refractivity contribution in [1.82, 2.24) is 30.2 Å². The average Bonchev–Trinajstić information content (AvgIpc) is 2.86. The number of likely N-dealkylation sites (N-methyl/N-ethyl adjacent to an activating group) is 1. The number of pyridine rings is 1. The Hall–Kier alpha value is -3.10. The maximum Gasteiger partial charge on any atom is 0.246 e. The van der Waals surface area contributed by atoms with Crippen LogP contribution in [0.2, 0.25) is 0 Å². The second kappa shape index (κ2) is 10.1. The predicted octanol–water partition coefficient (Wildman–Crippen LogP) is 2.31. The van der Waals surface area contributed by atoms with Crippen molar-refractivity contribution in [2.24, 2.45) is 5.41 Å². The number of hydrogen-bond donors (Lipinski definition) is 1. The van der Waals surface area contributed by atoms with Crippen LogP contribution in [-0.4, -0.2) is 74.9 Å². The van der Waals surface area contributed by atoms with Gasteiger partial charge in [-0.15, -0.1) is 0 Å². The minimum Gasteiger partial charge on any atom is -0.342 e. The summed E-state index contributed by atoms with van der Waals surface area (Å²) in [5, 5.41) is 16.5. The Balaban J connectivity index is 1.53. The van der Waals surface area contributed by atoms with Crippen molar-refractivity contribution in [2.75, 3.05) is 31.7 Å². The molecule has 10 nitrogen and oxygen atoms in total. The molecule has 0 bridgehead atoms. The zero-order valence-electron chi connectivity index (χ0n) is 21.0. The number of carbonyl (C=O) groups excluding carboxylic acids is 2. The average molecular weight is 555 g/mol. The fraction of sp³-hybridized carbons (Fsp3) is 0.520. The first-order chi connectivity index (χ1) is 17.0. The maximum atomic E-state index is 13.4. The van der Waals surface area contributed by atoms with E-state index in [2.05, 4.69) is 67.0 Å². The summed E-state index contributed by atoms with van der Waals surface area (Å²) in [7, 11) is 1.74. The number of carbonyl (C=O) groups is 2. The van der Waals surface area contributed by atoms with E-state index < -0.39 is 11.6 Å². The summed E-state index contributed by atoms with van der Waals surface area (Å²) in [6, 6.07) is 5.13. The molecule has 4 heterocycles. The van der Waals surface area contributed by atoms with Gasteiger partial charge in [0.15, 0.2) is 5.82 Å². The van der Waals surface area contributed by atoms with Gasteiger partial charge in [-0.05, 0) is 51.9 Å². The quantitative estimate of drug-likeness (QED) is 0.598. The van der Waals surface area contributed by atoms with Crippen molar-refractivity contribution in [3.63, 3.8) is 0 Å². The summed E-state index contributed by atoms with van der Waals surface area (Å²) in [6.07, 6.45) is 6.36. The minimum absolute atomic E-state index is 0.0680. The zero-order chi connectivity index (χ0) is 26.1. The van der Waals surface area contributed by atoms with Gasteiger partial charge in [0.05, 0.1) is 4.47 Å². The fourth-order valence-electron chi connectivity index (χ4n) is 4.86. The van der Waals surface area contributed by atoms with Crippen LogP contribution in [0.3, 0.4) is 0 Å². The second-order valence-corrected chi connectivity index (χ2v) is 11.4. The van der Waals surface area contributed by atoms with Crippen molar-refractivity contribution in [3.8, 4) is 6.07 Å². The number of hydrazine groups is 1. The lowest BCUT2D eigenvalue weighted by Crippen LogP contribution is -2.72. The van der Waals surface area contributed by atoms with Gasteiger partial charge in [-0.3, -0.25) is 19.6 Å². The van der Waals surface area contributed by atoms with E-state index >= 15 is 0 Å². The molecule has 4 rings (SSSR count). The summed E-state index contributed by atoms with van der Waals surface area (Å²) in [4.78, 5) is 40.9. The van der Waals surface area contributed by atoms with E-state index in [0.29, 0.717) is 49.2 Å². The third kappa shape index (κ3) is 5.20. The van der Waals surface area contributed by atoms with Gasteiger partial charge in [0, 0.05) is 51.7 Å². The third-order valence-electron chi connectivity index (χ3n) is 6.79. The molecule has 2 saturated heterocycles. The van der Waals surface area contributed by atoms with E-state index in [9.17, 15) is 14.9 Å². The van der Waals surface area contributed by atoms with Crippen LogP contribution in [0.1, 0.15) is 45.0 Å². The lowest BCUT2D eigenvalue weighted by Gasteiger charge is -2.52. The van der Waals surface area contributed by atoms with Gasteiger partial charge in [-0.1, -0.05) is 20.8 Å². The highest BCUT2D eigenvalue weighted by Gasteiger charge is 2.52. The van der Waals surface area contributed by atoms with E-state index in [4.69, 9.17) is 0 Å². The van der Waals surface area contributed by atoms with Crippen LogP contribution in [0.5, 0.6) is 0 Å². The van der Waals surface area contributed by atoms with Crippen molar-refractivity contribution in [3.05, 3.63) is 46.6 Å². The molecule has 2 aliphatic rings. The first-order valence-electron chi connectivity index (χ1n) is 12.0. The minimum atomic E-state index is -0.892. The van der Waals surface area contributed by atoms with Gasteiger partial charge in [0.2, 0.25) is 17.6 Å². The van der Waals surface area contributed by atoms with Gasteiger partial charge in [0.1, 0.15) is 17.6 Å². The van der Waals surface area contributed by atoms with E-state index in [1.807, 2.05) is 18.2 Å². The number of halogens is 1. The molecule has 0 radical (unpaired) electrons. The Kier molecular flexibility index (Phi) is 7.29. The van der Waals surface area contributed by atoms with Gasteiger partial charge in [-0.2, -0.15) is 10.2 Å². The standard InChI is InChI=1S/C25H31BrN8O2/c1-24(2,3)16-34(21-18(26)15-29-20(14-27)31-21)33-11-7-25(8-12-33)23(36)30-19(22(35)32(25)4)13-17-5-9-28-10-6-17/h5-6,9-10,15,19H,7-8,11-13,16H2,1-4H3,(H,30,36). The van der Waals surface area contributed by atoms with Crippen molar-refractivity contribution in [2.45, 2.75) is 51.6 Å². The summed E-state index contributed by atoms with van der Waals surface area (Å²) >= 11 is 3.54. The Morgan fingerprint density at radius 2 is 1.92 bits per heavy atom. The number of nitrogens with one attached hydrogen (secondary N) is 1. The van der Waals surface area contributed by atoms with Crippen molar-refractivity contribution in [1.29, 1.82) is 5.26 Å². The molecule has 0 saturated carbocycles. The van der Waals surface area contributed by atoms with Crippen molar-refractivity contribution >= 4 is 33.6 Å². The Morgan fingerprint density at radius 3 is 2.53 bits per heavy atom. The fourth-order valence-corrected chi connectivity index (χ4v) is 5.26. The number of nitrogens with zero attached hydrogens (tertiary/aromatic N) is 7. The number of piperidine rings is 1. The third-order valence-corrected chi connectivity index (χ3v) is 7.35. The van der Waals surface area contributed by atoms with E-state index in [0.717, 1.165) is 5.56 Å². The SMILES string of the molecule is CN1C(=O)C(Cc2ccncc2)NC(=O)C12CCN(N(CC(C)(C)C)c1nc(C#N)ncc1Br)CC2. The molecule has 2 aromatic rings. The van der Waals surface area contributed by atoms with E-state index in [1.165, 1.54) is 0 Å². The first kappa shape index (κ1) is 26.0. The largest absolute Gasteiger partial charge is 0.342 e. The zero-order valence-corrected chi connectivity index (χ0v) is 22.6. The van der Waals surface area contributed by atoms with Crippen LogP contribution in [0.4, 0.5) is 5.82 Å². The molecule has 1 unspecified atom stereocenters. The normalized spacial score (nSPS) is 20.2. The van der Waals surface area contributed by atoms with Gasteiger partial charge >= 0.3 is 0 Å². The number of anilines is 1. The van der Waals surface area contributed by atoms with Crippen LogP contribution in [-0.2, 0) is 16.0 Å². The number of amides is 2. The maximum absolute atomic E-state index is 13.4. The number of aromatic nitrogens is 3. The molecule has 0 aromatic carbocycles. The molecular formula is C25H31BrN8O2. The molecule has 2 amide bonds. The lowest BCUT2D eigenvalue weighted by atomic mass is 9.82. The topological polar surface area (TPSA) is 118 Å². The molecule has 1 atom stereocenters. The predicted molar refractivity (Wildman–Crippen MR) is 137 cm³/mol. The number of rotatable bonds is 5. The Morgan fingerprint density at radius 1 is 1.25 bits per heavy atom. The monoisotopic (exact) mass is 554 g/mol. The molecule has 2 aliphatic heterocycles. The highest BCUT2D eigenvalue weighted by Crippen LogP contribution is 2.35. The summed E-state index contributed by atoms with van der Waals surface area (Å²) in [5.41, 5.74) is -0.00871. The van der Waals surface area contributed by atoms with Crippen LogP contribution in [0.15, 0.2) is 35.2 Å². The van der Waals surface area contributed by atoms with Gasteiger partial charge in [-0.25, -0.2) is 9.99 Å². The van der Waals surface area contributed by atoms with E-state index in [1.54, 1.807) is 30.5 Å². The molecule has 1 N–H and O–H groups in total. The van der Waals surface area contributed by atoms with Crippen LogP contribution < -0.4 is 10.3 Å². The second-order valence-electron chi connectivity index (χ2n) is 10.6. The molecule has 190 valence electrons. The first-order valence-corrected chi connectivity index (χ1v) is 12.8.